The molecule has 0 aromatic heterocycles. The Bertz CT molecular complexity index is 861. The number of guanidine groups is 1. The van der Waals surface area contributed by atoms with Crippen LogP contribution in [0.15, 0.2) is 64.5 Å². The number of rotatable bonds is 7. The van der Waals surface area contributed by atoms with Gasteiger partial charge in [0.05, 0.1) is 4.90 Å². The van der Waals surface area contributed by atoms with Gasteiger partial charge in [-0.05, 0) is 30.3 Å². The van der Waals surface area contributed by atoms with Gasteiger partial charge in [-0.15, -0.1) is 0 Å². The summed E-state index contributed by atoms with van der Waals surface area (Å²) < 4.78 is 25.8. The van der Waals surface area contributed by atoms with E-state index in [1.54, 1.807) is 31.3 Å². The van der Waals surface area contributed by atoms with E-state index < -0.39 is 10.0 Å². The lowest BCUT2D eigenvalue weighted by Gasteiger charge is -2.26. The van der Waals surface area contributed by atoms with E-state index >= 15 is 0 Å². The smallest absolute Gasteiger partial charge is 0.240 e. The van der Waals surface area contributed by atoms with Crippen LogP contribution in [0, 0.1) is 0 Å². The maximum Gasteiger partial charge on any atom is 0.240 e. The molecule has 0 saturated carbocycles. The number of hydrogen-bond donors (Lipinski definition) is 3. The number of hydrogen-bond acceptors (Lipinski definition) is 3. The fourth-order valence-corrected chi connectivity index (χ4v) is 3.34. The number of sulfonamides is 1. The van der Waals surface area contributed by atoms with Crippen molar-refractivity contribution < 1.29 is 8.42 Å². The molecule has 146 valence electrons. The van der Waals surface area contributed by atoms with Crippen molar-refractivity contribution in [2.75, 3.05) is 20.6 Å². The summed E-state index contributed by atoms with van der Waals surface area (Å²) in [7, 11) is -0.279. The second-order valence-corrected chi connectivity index (χ2v) is 8.77. The molecule has 7 heteroatoms. The lowest BCUT2D eigenvalue weighted by atomic mass is 9.85. The Hall–Kier alpha value is -2.38. The molecule has 0 aliphatic carbocycles. The molecule has 6 nitrogen and oxygen atoms in total. The normalized spacial score (nSPS) is 12.7. The SMILES string of the molecule is CN=C(NCc1ccc(S(=O)(=O)NC)cc1)NCC(C)(C)c1ccccc1. The molecule has 3 N–H and O–H groups in total. The highest BCUT2D eigenvalue weighted by Gasteiger charge is 2.20. The first kappa shape index (κ1) is 20.9. The summed E-state index contributed by atoms with van der Waals surface area (Å²) in [5, 5.41) is 6.61. The van der Waals surface area contributed by atoms with Crippen LogP contribution in [-0.2, 0) is 22.0 Å². The second kappa shape index (κ2) is 9.01. The molecule has 0 bridgehead atoms. The molecule has 0 radical (unpaired) electrons. The summed E-state index contributed by atoms with van der Waals surface area (Å²) in [6, 6.07) is 17.1. The first-order valence-corrected chi connectivity index (χ1v) is 10.3. The minimum atomic E-state index is -3.41. The largest absolute Gasteiger partial charge is 0.356 e. The maximum absolute atomic E-state index is 11.8. The number of nitrogens with one attached hydrogen (secondary N) is 3. The Kier molecular flexibility index (Phi) is 6.98. The predicted octanol–water partition coefficient (Wildman–Crippen LogP) is 2.24. The van der Waals surface area contributed by atoms with E-state index in [0.717, 1.165) is 12.1 Å². The first-order valence-electron chi connectivity index (χ1n) is 8.81. The van der Waals surface area contributed by atoms with Crippen molar-refractivity contribution in [2.45, 2.75) is 30.7 Å². The summed E-state index contributed by atoms with van der Waals surface area (Å²) in [6.45, 7) is 5.65. The van der Waals surface area contributed by atoms with Crippen LogP contribution in [0.4, 0.5) is 0 Å². The third kappa shape index (κ3) is 5.80. The average molecular weight is 389 g/mol. The van der Waals surface area contributed by atoms with Gasteiger partial charge in [0.15, 0.2) is 5.96 Å². The Labute approximate surface area is 162 Å². The molecule has 0 aliphatic rings. The molecule has 0 amide bonds. The highest BCUT2D eigenvalue weighted by molar-refractivity contribution is 7.89. The molecule has 0 atom stereocenters. The molecule has 0 aliphatic heterocycles. The Balaban J connectivity index is 1.92. The van der Waals surface area contributed by atoms with E-state index in [1.165, 1.54) is 12.6 Å². The van der Waals surface area contributed by atoms with E-state index in [4.69, 9.17) is 0 Å². The molecule has 27 heavy (non-hydrogen) atoms. The highest BCUT2D eigenvalue weighted by Crippen LogP contribution is 2.21. The van der Waals surface area contributed by atoms with Crippen LogP contribution in [0.25, 0.3) is 0 Å². The van der Waals surface area contributed by atoms with Crippen LogP contribution in [0.2, 0.25) is 0 Å². The summed E-state index contributed by atoms with van der Waals surface area (Å²) in [5.74, 6) is 0.700. The second-order valence-electron chi connectivity index (χ2n) is 6.88. The predicted molar refractivity (Wildman–Crippen MR) is 110 cm³/mol. The van der Waals surface area contributed by atoms with Crippen molar-refractivity contribution in [1.29, 1.82) is 0 Å². The van der Waals surface area contributed by atoms with Gasteiger partial charge in [-0.3, -0.25) is 4.99 Å². The number of benzene rings is 2. The Morgan fingerprint density at radius 3 is 2.19 bits per heavy atom. The third-order valence-electron chi connectivity index (χ3n) is 4.44. The van der Waals surface area contributed by atoms with Gasteiger partial charge in [0, 0.05) is 25.6 Å². The Morgan fingerprint density at radius 2 is 1.63 bits per heavy atom. The molecule has 0 fully saturated rings. The van der Waals surface area contributed by atoms with E-state index in [1.807, 2.05) is 18.2 Å². The van der Waals surface area contributed by atoms with Crippen LogP contribution in [-0.4, -0.2) is 35.0 Å². The van der Waals surface area contributed by atoms with Gasteiger partial charge in [0.2, 0.25) is 10.0 Å². The van der Waals surface area contributed by atoms with Crippen molar-refractivity contribution in [3.8, 4) is 0 Å². The number of nitrogens with zero attached hydrogens (tertiary/aromatic N) is 1. The lowest BCUT2D eigenvalue weighted by Crippen LogP contribution is -2.43. The molecule has 2 aromatic carbocycles. The average Bonchev–Trinajstić information content (AvgIpc) is 2.69. The van der Waals surface area contributed by atoms with Gasteiger partial charge >= 0.3 is 0 Å². The fourth-order valence-electron chi connectivity index (χ4n) is 2.61. The number of aliphatic imine (C=N–C) groups is 1. The zero-order valence-corrected chi connectivity index (χ0v) is 17.1. The summed E-state index contributed by atoms with van der Waals surface area (Å²) in [5.41, 5.74) is 2.19. The van der Waals surface area contributed by atoms with E-state index in [0.29, 0.717) is 12.5 Å². The molecular weight excluding hydrogens is 360 g/mol. The first-order chi connectivity index (χ1) is 12.8. The minimum absolute atomic E-state index is 0.0396. The van der Waals surface area contributed by atoms with Crippen molar-refractivity contribution >= 4 is 16.0 Å². The van der Waals surface area contributed by atoms with Crippen LogP contribution in [0.3, 0.4) is 0 Å². The minimum Gasteiger partial charge on any atom is -0.356 e. The van der Waals surface area contributed by atoms with E-state index in [2.05, 4.69) is 46.3 Å². The molecule has 0 spiro atoms. The quantitative estimate of drug-likeness (QED) is 0.502. The zero-order chi connectivity index (χ0) is 19.9. The Morgan fingerprint density at radius 1 is 1.00 bits per heavy atom. The van der Waals surface area contributed by atoms with Crippen molar-refractivity contribution in [2.24, 2.45) is 4.99 Å². The van der Waals surface area contributed by atoms with E-state index in [9.17, 15) is 8.42 Å². The zero-order valence-electron chi connectivity index (χ0n) is 16.3. The van der Waals surface area contributed by atoms with Gasteiger partial charge in [-0.2, -0.15) is 0 Å². The van der Waals surface area contributed by atoms with Crippen LogP contribution < -0.4 is 15.4 Å². The van der Waals surface area contributed by atoms with Gasteiger partial charge in [0.1, 0.15) is 0 Å². The summed E-state index contributed by atoms with van der Waals surface area (Å²) in [6.07, 6.45) is 0. The maximum atomic E-state index is 11.8. The standard InChI is InChI=1S/C20H28N4O2S/c1-20(2,17-8-6-5-7-9-17)15-24-19(21-3)23-14-16-10-12-18(13-11-16)27(25,26)22-4/h5-13,22H,14-15H2,1-4H3,(H2,21,23,24). The third-order valence-corrected chi connectivity index (χ3v) is 5.87. The van der Waals surface area contributed by atoms with Gasteiger partial charge in [0.25, 0.3) is 0 Å². The molecule has 0 heterocycles. The topological polar surface area (TPSA) is 82.6 Å². The van der Waals surface area contributed by atoms with E-state index in [-0.39, 0.29) is 10.3 Å². The summed E-state index contributed by atoms with van der Waals surface area (Å²) in [4.78, 5) is 4.51. The molecule has 0 unspecified atom stereocenters. The van der Waals surface area contributed by atoms with Crippen LogP contribution in [0.5, 0.6) is 0 Å². The highest BCUT2D eigenvalue weighted by atomic mass is 32.2. The van der Waals surface area contributed by atoms with Gasteiger partial charge in [-0.1, -0.05) is 56.3 Å². The van der Waals surface area contributed by atoms with Crippen molar-refractivity contribution in [1.82, 2.24) is 15.4 Å². The molecule has 2 rings (SSSR count). The molecule has 0 saturated heterocycles. The van der Waals surface area contributed by atoms with Crippen LogP contribution in [0.1, 0.15) is 25.0 Å². The monoisotopic (exact) mass is 388 g/mol. The van der Waals surface area contributed by atoms with Gasteiger partial charge < -0.3 is 10.6 Å². The van der Waals surface area contributed by atoms with Gasteiger partial charge in [-0.25, -0.2) is 13.1 Å². The van der Waals surface area contributed by atoms with Crippen molar-refractivity contribution in [3.63, 3.8) is 0 Å². The molecule has 2 aromatic rings. The fraction of sp³-hybridized carbons (Fsp3) is 0.350. The van der Waals surface area contributed by atoms with Crippen LogP contribution >= 0.6 is 0 Å². The molecular formula is C20H28N4O2S. The van der Waals surface area contributed by atoms with Crippen molar-refractivity contribution in [3.05, 3.63) is 65.7 Å². The summed E-state index contributed by atoms with van der Waals surface area (Å²) >= 11 is 0. The lowest BCUT2D eigenvalue weighted by molar-refractivity contribution is 0.508.